The minimum Gasteiger partial charge on any atom is -0.466 e. The van der Waals surface area contributed by atoms with Gasteiger partial charge in [0.15, 0.2) is 0 Å². The second kappa shape index (κ2) is 69.4. The van der Waals surface area contributed by atoms with Crippen molar-refractivity contribution in [3.8, 4) is 0 Å². The lowest BCUT2D eigenvalue weighted by Crippen LogP contribution is -2.45. The van der Waals surface area contributed by atoms with Crippen LogP contribution in [0.2, 0.25) is 0 Å². The number of esters is 1. The maximum Gasteiger partial charge on any atom is 0.305 e. The van der Waals surface area contributed by atoms with E-state index in [1.54, 1.807) is 0 Å². The second-order valence-electron chi connectivity index (χ2n) is 25.6. The fourth-order valence-electron chi connectivity index (χ4n) is 12.1. The molecular formula is C73H145NO5. The van der Waals surface area contributed by atoms with Crippen molar-refractivity contribution in [3.05, 3.63) is 0 Å². The maximum absolute atomic E-state index is 12.6. The van der Waals surface area contributed by atoms with Gasteiger partial charge in [-0.15, -0.1) is 0 Å². The van der Waals surface area contributed by atoms with Crippen molar-refractivity contribution in [1.82, 2.24) is 5.32 Å². The standard InChI is InChI=1S/C73H145NO5/c1-3-5-7-9-11-13-15-17-19-21-22-27-30-34-37-41-45-49-53-57-61-65-71(76)70(69-75)74-72(77)66-62-58-54-50-46-42-38-35-31-28-25-23-24-26-29-32-36-40-44-48-52-56-60-64-68-79-73(78)67-63-59-55-51-47-43-39-33-20-18-16-14-12-10-8-6-4-2/h70-71,75-76H,3-69H2,1-2H3,(H,74,77). The zero-order valence-corrected chi connectivity index (χ0v) is 54.2. The van der Waals surface area contributed by atoms with E-state index in [-0.39, 0.29) is 18.5 Å². The highest BCUT2D eigenvalue weighted by Crippen LogP contribution is 2.20. The van der Waals surface area contributed by atoms with Crippen LogP contribution < -0.4 is 5.32 Å². The number of hydrogen-bond acceptors (Lipinski definition) is 5. The summed E-state index contributed by atoms with van der Waals surface area (Å²) in [6.45, 7) is 5.01. The summed E-state index contributed by atoms with van der Waals surface area (Å²) in [5.74, 6) is -0.00701. The molecule has 0 spiro atoms. The molecule has 0 aromatic rings. The molecule has 0 heterocycles. The topological polar surface area (TPSA) is 95.9 Å². The molecule has 0 aromatic carbocycles. The molecule has 6 heteroatoms. The van der Waals surface area contributed by atoms with Gasteiger partial charge in [0, 0.05) is 12.8 Å². The van der Waals surface area contributed by atoms with Crippen molar-refractivity contribution in [2.75, 3.05) is 13.2 Å². The average molecular weight is 1120 g/mol. The normalized spacial score (nSPS) is 12.4. The van der Waals surface area contributed by atoms with E-state index in [0.29, 0.717) is 25.9 Å². The summed E-state index contributed by atoms with van der Waals surface area (Å²) in [5, 5.41) is 23.4. The Morgan fingerprint density at radius 1 is 0.304 bits per heavy atom. The monoisotopic (exact) mass is 1120 g/mol. The van der Waals surface area contributed by atoms with Gasteiger partial charge in [0.05, 0.1) is 25.4 Å². The van der Waals surface area contributed by atoms with Crippen molar-refractivity contribution >= 4 is 11.9 Å². The third-order valence-corrected chi connectivity index (χ3v) is 17.7. The van der Waals surface area contributed by atoms with Gasteiger partial charge < -0.3 is 20.3 Å². The van der Waals surface area contributed by atoms with Gasteiger partial charge in [-0.2, -0.15) is 0 Å². The number of carbonyl (C=O) groups is 2. The van der Waals surface area contributed by atoms with Crippen LogP contribution in [0.4, 0.5) is 0 Å². The Bertz CT molecular complexity index is 1150. The number of rotatable bonds is 70. The largest absolute Gasteiger partial charge is 0.466 e. The van der Waals surface area contributed by atoms with Gasteiger partial charge in [-0.3, -0.25) is 9.59 Å². The minimum atomic E-state index is -0.663. The van der Waals surface area contributed by atoms with Crippen molar-refractivity contribution in [2.24, 2.45) is 0 Å². The van der Waals surface area contributed by atoms with Gasteiger partial charge in [0.2, 0.25) is 5.91 Å². The zero-order chi connectivity index (χ0) is 57.1. The molecule has 0 fully saturated rings. The summed E-state index contributed by atoms with van der Waals surface area (Å²) in [6.07, 6.45) is 84.4. The molecular weight excluding hydrogens is 971 g/mol. The predicted octanol–water partition coefficient (Wildman–Crippen LogP) is 23.8. The Hall–Kier alpha value is -1.14. The summed E-state index contributed by atoms with van der Waals surface area (Å²) in [5.41, 5.74) is 0. The Morgan fingerprint density at radius 2 is 0.519 bits per heavy atom. The van der Waals surface area contributed by atoms with Gasteiger partial charge in [0.1, 0.15) is 0 Å². The van der Waals surface area contributed by atoms with Gasteiger partial charge in [-0.25, -0.2) is 0 Å². The van der Waals surface area contributed by atoms with Gasteiger partial charge in [-0.1, -0.05) is 393 Å². The number of nitrogens with one attached hydrogen (secondary N) is 1. The molecule has 0 bridgehead atoms. The minimum absolute atomic E-state index is 0.0211. The molecule has 0 aliphatic heterocycles. The van der Waals surface area contributed by atoms with E-state index in [1.807, 2.05) is 0 Å². The van der Waals surface area contributed by atoms with Crippen LogP contribution in [-0.4, -0.2) is 47.4 Å². The predicted molar refractivity (Wildman–Crippen MR) is 347 cm³/mol. The zero-order valence-electron chi connectivity index (χ0n) is 54.2. The summed E-state index contributed by atoms with van der Waals surface area (Å²) < 4.78 is 5.51. The molecule has 0 radical (unpaired) electrons. The summed E-state index contributed by atoms with van der Waals surface area (Å²) in [6, 6.07) is -0.540. The fraction of sp³-hybridized carbons (Fsp3) is 0.973. The molecule has 2 atom stereocenters. The molecule has 2 unspecified atom stereocenters. The first-order valence-electron chi connectivity index (χ1n) is 36.8. The molecule has 0 aliphatic rings. The first-order valence-corrected chi connectivity index (χ1v) is 36.8. The lowest BCUT2D eigenvalue weighted by atomic mass is 10.0. The Kier molecular flexibility index (Phi) is 68.4. The molecule has 3 N–H and O–H groups in total. The second-order valence-corrected chi connectivity index (χ2v) is 25.6. The van der Waals surface area contributed by atoms with E-state index >= 15 is 0 Å². The maximum atomic E-state index is 12.6. The molecule has 1 amide bonds. The van der Waals surface area contributed by atoms with Crippen molar-refractivity contribution in [2.45, 2.75) is 443 Å². The SMILES string of the molecule is CCCCCCCCCCCCCCCCCCCCCCCC(O)C(CO)NC(=O)CCCCCCCCCCCCCCCCCCCCCCCCCCOC(=O)CCCCCCCCCCCCCCCCCCC. The summed E-state index contributed by atoms with van der Waals surface area (Å²) in [4.78, 5) is 24.7. The van der Waals surface area contributed by atoms with Crippen molar-refractivity contribution in [1.29, 1.82) is 0 Å². The molecule has 0 aliphatic carbocycles. The number of carbonyl (C=O) groups excluding carboxylic acids is 2. The Balaban J connectivity index is 3.34. The highest BCUT2D eigenvalue weighted by Gasteiger charge is 2.20. The fourth-order valence-corrected chi connectivity index (χ4v) is 12.1. The molecule has 0 saturated carbocycles. The Morgan fingerprint density at radius 3 is 0.772 bits per heavy atom. The molecule has 0 saturated heterocycles. The van der Waals surface area contributed by atoms with E-state index in [0.717, 1.165) is 38.5 Å². The third kappa shape index (κ3) is 65.9. The molecule has 0 rings (SSSR count). The van der Waals surface area contributed by atoms with Gasteiger partial charge >= 0.3 is 5.97 Å². The third-order valence-electron chi connectivity index (χ3n) is 17.7. The first-order chi connectivity index (χ1) is 39.0. The quantitative estimate of drug-likeness (QED) is 0.0417. The first kappa shape index (κ1) is 77.9. The summed E-state index contributed by atoms with van der Waals surface area (Å²) >= 11 is 0. The van der Waals surface area contributed by atoms with Gasteiger partial charge in [0.25, 0.3) is 0 Å². The van der Waals surface area contributed by atoms with Crippen LogP contribution in [-0.2, 0) is 14.3 Å². The average Bonchev–Trinajstić information content (AvgIpc) is 3.45. The van der Waals surface area contributed by atoms with Crippen LogP contribution in [0.1, 0.15) is 431 Å². The molecule has 79 heavy (non-hydrogen) atoms. The van der Waals surface area contributed by atoms with Crippen LogP contribution in [0.25, 0.3) is 0 Å². The number of aliphatic hydroxyl groups excluding tert-OH is 2. The lowest BCUT2D eigenvalue weighted by molar-refractivity contribution is -0.143. The van der Waals surface area contributed by atoms with E-state index in [9.17, 15) is 19.8 Å². The van der Waals surface area contributed by atoms with Crippen LogP contribution in [0, 0.1) is 0 Å². The van der Waals surface area contributed by atoms with E-state index in [1.165, 1.54) is 360 Å². The smallest absolute Gasteiger partial charge is 0.305 e. The highest BCUT2D eigenvalue weighted by molar-refractivity contribution is 5.76. The number of unbranched alkanes of at least 4 members (excludes halogenated alkanes) is 59. The molecule has 0 aromatic heterocycles. The van der Waals surface area contributed by atoms with E-state index in [2.05, 4.69) is 19.2 Å². The number of hydrogen-bond donors (Lipinski definition) is 3. The summed E-state index contributed by atoms with van der Waals surface area (Å²) in [7, 11) is 0. The van der Waals surface area contributed by atoms with Crippen LogP contribution >= 0.6 is 0 Å². The van der Waals surface area contributed by atoms with Crippen molar-refractivity contribution in [3.63, 3.8) is 0 Å². The number of ether oxygens (including phenoxy) is 1. The molecule has 472 valence electrons. The lowest BCUT2D eigenvalue weighted by Gasteiger charge is -2.22. The van der Waals surface area contributed by atoms with Crippen molar-refractivity contribution < 1.29 is 24.5 Å². The Labute approximate surface area is 496 Å². The highest BCUT2D eigenvalue weighted by atomic mass is 16.5. The van der Waals surface area contributed by atoms with E-state index in [4.69, 9.17) is 4.74 Å². The molecule has 6 nitrogen and oxygen atoms in total. The van der Waals surface area contributed by atoms with E-state index < -0.39 is 12.1 Å². The van der Waals surface area contributed by atoms with Crippen LogP contribution in [0.3, 0.4) is 0 Å². The van der Waals surface area contributed by atoms with Crippen LogP contribution in [0.5, 0.6) is 0 Å². The van der Waals surface area contributed by atoms with Crippen LogP contribution in [0.15, 0.2) is 0 Å². The number of aliphatic hydroxyl groups is 2. The van der Waals surface area contributed by atoms with Gasteiger partial charge in [-0.05, 0) is 25.7 Å². The number of amides is 1.